The highest BCUT2D eigenvalue weighted by Gasteiger charge is 2.39. The molecule has 8 nitrogen and oxygen atoms in total. The number of aryl methyl sites for hydroxylation is 1. The van der Waals surface area contributed by atoms with E-state index in [4.69, 9.17) is 13.6 Å². The molecule has 0 aliphatic carbocycles. The quantitative estimate of drug-likeness (QED) is 0.104. The Labute approximate surface area is 278 Å². The van der Waals surface area contributed by atoms with E-state index in [1.165, 1.54) is 16.7 Å². The van der Waals surface area contributed by atoms with Crippen molar-refractivity contribution in [3.63, 3.8) is 0 Å². The molecule has 1 saturated heterocycles. The van der Waals surface area contributed by atoms with Crippen LogP contribution in [-0.4, -0.2) is 31.3 Å². The summed E-state index contributed by atoms with van der Waals surface area (Å²) in [6.07, 6.45) is 15.1. The number of amides is 2. The monoisotopic (exact) mass is 645 g/mol. The molecule has 238 valence electrons. The highest BCUT2D eigenvalue weighted by molar-refractivity contribution is 8.15. The predicted molar refractivity (Wildman–Crippen MR) is 184 cm³/mol. The van der Waals surface area contributed by atoms with Crippen molar-refractivity contribution in [1.82, 2.24) is 14.9 Å². The highest BCUT2D eigenvalue weighted by Crippen LogP contribution is 2.32. The number of benzene rings is 3. The number of unbranched alkanes of at least 4 members (excludes halogenated alkanes) is 2. The molecule has 47 heavy (non-hydrogen) atoms. The van der Waals surface area contributed by atoms with Crippen molar-refractivity contribution in [3.8, 4) is 5.75 Å². The third kappa shape index (κ3) is 9.20. The number of carbonyl (C=O) groups is 2. The second-order valence-electron chi connectivity index (χ2n) is 11.2. The standard InChI is InChI=1S/C38H35N3O5S/c42-37-34(47-38(43)41(37)24-31-25-45-35(39-31)22-18-28-10-4-1-5-11-28)15-9-3-8-14-30-16-20-33(21-17-30)44-26-32-27-46-36(40-32)23-19-29-12-6-2-7-13-29/h1-2,4-7,10-13,16-23,25,27,34H,3,8-9,14-15,24,26H2/b22-18+,23-19+. The third-order valence-electron chi connectivity index (χ3n) is 7.64. The van der Waals surface area contributed by atoms with Gasteiger partial charge in [0, 0.05) is 12.2 Å². The summed E-state index contributed by atoms with van der Waals surface area (Å²) in [5, 5.41) is -0.570. The van der Waals surface area contributed by atoms with E-state index in [0.29, 0.717) is 30.5 Å². The molecule has 0 bridgehead atoms. The smallest absolute Gasteiger partial charge is 0.289 e. The Morgan fingerprint density at radius 1 is 0.723 bits per heavy atom. The Kier molecular flexibility index (Phi) is 10.8. The van der Waals surface area contributed by atoms with Crippen molar-refractivity contribution < 1.29 is 23.2 Å². The van der Waals surface area contributed by atoms with Gasteiger partial charge in [-0.1, -0.05) is 97.4 Å². The lowest BCUT2D eigenvalue weighted by atomic mass is 10.0. The Bertz CT molecular complexity index is 1810. The summed E-state index contributed by atoms with van der Waals surface area (Å²) in [7, 11) is 0. The van der Waals surface area contributed by atoms with Gasteiger partial charge in [-0.05, 0) is 60.2 Å². The summed E-state index contributed by atoms with van der Waals surface area (Å²) in [6, 6.07) is 27.9. The summed E-state index contributed by atoms with van der Waals surface area (Å²) in [6.45, 7) is 0.445. The van der Waals surface area contributed by atoms with Gasteiger partial charge in [0.15, 0.2) is 0 Å². The van der Waals surface area contributed by atoms with Gasteiger partial charge in [0.25, 0.3) is 5.24 Å². The lowest BCUT2D eigenvalue weighted by Gasteiger charge is -2.12. The second-order valence-corrected chi connectivity index (χ2v) is 12.3. The van der Waals surface area contributed by atoms with E-state index in [0.717, 1.165) is 60.0 Å². The first-order chi connectivity index (χ1) is 23.1. The number of thioether (sulfide) groups is 1. The lowest BCUT2D eigenvalue weighted by molar-refractivity contribution is -0.127. The normalized spacial score (nSPS) is 15.0. The summed E-state index contributed by atoms with van der Waals surface area (Å²) in [5.74, 6) is 1.60. The van der Waals surface area contributed by atoms with Crippen LogP contribution in [0, 0.1) is 0 Å². The minimum Gasteiger partial charge on any atom is -0.487 e. The van der Waals surface area contributed by atoms with Crippen LogP contribution >= 0.6 is 11.8 Å². The van der Waals surface area contributed by atoms with Crippen LogP contribution in [0.25, 0.3) is 24.3 Å². The molecular weight excluding hydrogens is 611 g/mol. The van der Waals surface area contributed by atoms with Gasteiger partial charge in [0.2, 0.25) is 17.7 Å². The Morgan fingerprint density at radius 3 is 2.00 bits per heavy atom. The number of rotatable bonds is 15. The third-order valence-corrected chi connectivity index (χ3v) is 8.79. The molecule has 1 aliphatic heterocycles. The molecule has 1 atom stereocenters. The minimum atomic E-state index is -0.344. The van der Waals surface area contributed by atoms with Crippen molar-refractivity contribution >= 4 is 47.2 Å². The molecule has 0 spiro atoms. The number of nitrogens with zero attached hydrogens (tertiary/aromatic N) is 3. The molecule has 0 N–H and O–H groups in total. The van der Waals surface area contributed by atoms with Crippen LogP contribution in [0.4, 0.5) is 4.79 Å². The van der Waals surface area contributed by atoms with Crippen molar-refractivity contribution in [1.29, 1.82) is 0 Å². The van der Waals surface area contributed by atoms with Crippen molar-refractivity contribution in [2.45, 2.75) is 50.5 Å². The molecule has 3 heterocycles. The Hall–Kier alpha value is -5.15. The van der Waals surface area contributed by atoms with Crippen LogP contribution in [-0.2, 0) is 24.4 Å². The van der Waals surface area contributed by atoms with Crippen LogP contribution < -0.4 is 4.74 Å². The topological polar surface area (TPSA) is 98.7 Å². The number of carbonyl (C=O) groups excluding carboxylic acids is 2. The zero-order valence-corrected chi connectivity index (χ0v) is 26.7. The van der Waals surface area contributed by atoms with Crippen molar-refractivity contribution in [3.05, 3.63) is 137 Å². The van der Waals surface area contributed by atoms with E-state index >= 15 is 0 Å². The Balaban J connectivity index is 0.876. The highest BCUT2D eigenvalue weighted by atomic mass is 32.2. The molecule has 2 aromatic heterocycles. The maximum Gasteiger partial charge on any atom is 0.289 e. The van der Waals surface area contributed by atoms with Gasteiger partial charge in [0.1, 0.15) is 30.6 Å². The largest absolute Gasteiger partial charge is 0.487 e. The summed E-state index contributed by atoms with van der Waals surface area (Å²) < 4.78 is 16.9. The number of imide groups is 1. The molecule has 5 aromatic rings. The van der Waals surface area contributed by atoms with Crippen LogP contribution in [0.1, 0.15) is 65.5 Å². The molecule has 0 radical (unpaired) electrons. The molecule has 1 fully saturated rings. The molecular formula is C38H35N3O5S. The number of ether oxygens (including phenoxy) is 1. The van der Waals surface area contributed by atoms with Crippen molar-refractivity contribution in [2.75, 3.05) is 0 Å². The number of hydrogen-bond acceptors (Lipinski definition) is 8. The zero-order valence-electron chi connectivity index (χ0n) is 25.9. The van der Waals surface area contributed by atoms with Crippen LogP contribution in [0.15, 0.2) is 106 Å². The van der Waals surface area contributed by atoms with Crippen molar-refractivity contribution in [2.24, 2.45) is 0 Å². The molecule has 6 rings (SSSR count). The fourth-order valence-electron chi connectivity index (χ4n) is 5.13. The number of aromatic nitrogens is 2. The summed E-state index contributed by atoms with van der Waals surface area (Å²) in [4.78, 5) is 35.7. The molecule has 0 saturated carbocycles. The molecule has 2 amide bonds. The van der Waals surface area contributed by atoms with Gasteiger partial charge < -0.3 is 13.6 Å². The summed E-state index contributed by atoms with van der Waals surface area (Å²) in [5.41, 5.74) is 4.62. The van der Waals surface area contributed by atoms with Crippen LogP contribution in [0.2, 0.25) is 0 Å². The van der Waals surface area contributed by atoms with Gasteiger partial charge in [-0.3, -0.25) is 14.5 Å². The molecule has 9 heteroatoms. The Morgan fingerprint density at radius 2 is 1.34 bits per heavy atom. The first-order valence-corrected chi connectivity index (χ1v) is 16.6. The summed E-state index contributed by atoms with van der Waals surface area (Å²) >= 11 is 1.11. The fraction of sp³-hybridized carbons (Fsp3) is 0.211. The second kappa shape index (κ2) is 15.9. The average molecular weight is 646 g/mol. The maximum atomic E-state index is 13.0. The molecule has 3 aromatic carbocycles. The number of hydrogen-bond donors (Lipinski definition) is 0. The SMILES string of the molecule is O=C1SC(CCCCCc2ccc(OCc3coc(/C=C/c4ccccc4)n3)cc2)C(=O)N1Cc1coc(/C=C/c2ccccc2)n1. The van der Waals surface area contributed by atoms with Gasteiger partial charge in [-0.25, -0.2) is 9.97 Å². The van der Waals surface area contributed by atoms with Gasteiger partial charge in [0.05, 0.1) is 17.5 Å². The van der Waals surface area contributed by atoms with Gasteiger partial charge >= 0.3 is 0 Å². The van der Waals surface area contributed by atoms with Gasteiger partial charge in [-0.15, -0.1) is 0 Å². The molecule has 1 aliphatic rings. The van der Waals surface area contributed by atoms with Gasteiger partial charge in [-0.2, -0.15) is 0 Å². The molecule has 1 unspecified atom stereocenters. The maximum absolute atomic E-state index is 13.0. The van der Waals surface area contributed by atoms with Crippen LogP contribution in [0.5, 0.6) is 5.75 Å². The zero-order chi connectivity index (χ0) is 32.3. The minimum absolute atomic E-state index is 0.120. The van der Waals surface area contributed by atoms with E-state index in [-0.39, 0.29) is 22.9 Å². The van der Waals surface area contributed by atoms with Crippen LogP contribution in [0.3, 0.4) is 0 Å². The fourth-order valence-corrected chi connectivity index (χ4v) is 6.17. The lowest BCUT2D eigenvalue weighted by Crippen LogP contribution is -2.31. The number of oxazole rings is 2. The predicted octanol–water partition coefficient (Wildman–Crippen LogP) is 8.95. The first-order valence-electron chi connectivity index (χ1n) is 15.7. The van der Waals surface area contributed by atoms with E-state index in [2.05, 4.69) is 22.1 Å². The average Bonchev–Trinajstić information content (AvgIpc) is 3.83. The van der Waals surface area contributed by atoms with E-state index in [9.17, 15) is 9.59 Å². The van der Waals surface area contributed by atoms with E-state index < -0.39 is 0 Å². The van der Waals surface area contributed by atoms with E-state index in [1.54, 1.807) is 12.3 Å². The first kappa shape index (κ1) is 31.8. The van der Waals surface area contributed by atoms with E-state index in [1.807, 2.05) is 91.0 Å².